The van der Waals surface area contributed by atoms with Gasteiger partial charge in [0.1, 0.15) is 5.54 Å². The van der Waals surface area contributed by atoms with Crippen LogP contribution >= 0.6 is 11.3 Å². The summed E-state index contributed by atoms with van der Waals surface area (Å²) in [5, 5.41) is 5.40. The molecule has 1 unspecified atom stereocenters. The lowest BCUT2D eigenvalue weighted by Gasteiger charge is -2.43. The topological polar surface area (TPSA) is 52.7 Å². The van der Waals surface area contributed by atoms with Gasteiger partial charge < -0.3 is 15.1 Å². The maximum absolute atomic E-state index is 13.0. The Hall–Kier alpha value is -2.60. The highest BCUT2D eigenvalue weighted by Crippen LogP contribution is 2.28. The molecule has 142 valence electrons. The molecule has 3 rings (SSSR count). The molecule has 0 aliphatic carbocycles. The SMILES string of the molecule is CN(C)C(=O)C1(Nc2ccccc2)CCCN(C(=O)/C=C/c2cccs2)C1. The summed E-state index contributed by atoms with van der Waals surface area (Å²) in [6.07, 6.45) is 4.90. The number of rotatable bonds is 5. The Morgan fingerprint density at radius 3 is 2.63 bits per heavy atom. The summed E-state index contributed by atoms with van der Waals surface area (Å²) in [5.74, 6) is -0.0695. The van der Waals surface area contributed by atoms with Gasteiger partial charge in [0.25, 0.3) is 0 Å². The fourth-order valence-electron chi connectivity index (χ4n) is 3.44. The normalized spacial score (nSPS) is 19.9. The zero-order valence-electron chi connectivity index (χ0n) is 15.7. The van der Waals surface area contributed by atoms with Crippen LogP contribution in [0.15, 0.2) is 53.9 Å². The number of para-hydroxylation sites is 1. The van der Waals surface area contributed by atoms with Crippen molar-refractivity contribution in [2.75, 3.05) is 32.5 Å². The number of likely N-dealkylation sites (N-methyl/N-ethyl adjacent to an activating group) is 1. The number of nitrogens with one attached hydrogen (secondary N) is 1. The standard InChI is InChI=1S/C21H25N3O2S/c1-23(2)20(26)21(22-17-8-4-3-5-9-17)13-7-14-24(16-21)19(25)12-11-18-10-6-15-27-18/h3-6,8-12,15,22H,7,13-14,16H2,1-2H3/b12-11+. The second-order valence-electron chi connectivity index (χ2n) is 6.98. The molecule has 0 spiro atoms. The Balaban J connectivity index is 1.80. The average Bonchev–Trinajstić information content (AvgIpc) is 3.20. The highest BCUT2D eigenvalue weighted by atomic mass is 32.1. The lowest BCUT2D eigenvalue weighted by molar-refractivity contribution is -0.138. The van der Waals surface area contributed by atoms with Crippen molar-refractivity contribution >= 4 is 34.9 Å². The molecule has 1 aliphatic heterocycles. The monoisotopic (exact) mass is 383 g/mol. The minimum atomic E-state index is -0.810. The third kappa shape index (κ3) is 4.57. The highest BCUT2D eigenvalue weighted by molar-refractivity contribution is 7.10. The van der Waals surface area contributed by atoms with E-state index in [0.717, 1.165) is 17.0 Å². The van der Waals surface area contributed by atoms with Crippen LogP contribution in [0.2, 0.25) is 0 Å². The van der Waals surface area contributed by atoms with Gasteiger partial charge in [0, 0.05) is 37.3 Å². The zero-order valence-corrected chi connectivity index (χ0v) is 16.5. The predicted octanol–water partition coefficient (Wildman–Crippen LogP) is 3.32. The predicted molar refractivity (Wildman–Crippen MR) is 111 cm³/mol. The molecular formula is C21H25N3O2S. The van der Waals surface area contributed by atoms with E-state index in [0.29, 0.717) is 19.5 Å². The van der Waals surface area contributed by atoms with E-state index in [2.05, 4.69) is 5.32 Å². The lowest BCUT2D eigenvalue weighted by atomic mass is 9.87. The highest BCUT2D eigenvalue weighted by Gasteiger charge is 2.44. The van der Waals surface area contributed by atoms with Gasteiger partial charge in [0.2, 0.25) is 11.8 Å². The number of anilines is 1. The van der Waals surface area contributed by atoms with Crippen LogP contribution in [0.5, 0.6) is 0 Å². The van der Waals surface area contributed by atoms with Crippen LogP contribution in [0.1, 0.15) is 17.7 Å². The first-order valence-corrected chi connectivity index (χ1v) is 9.94. The fraction of sp³-hybridized carbons (Fsp3) is 0.333. The summed E-state index contributed by atoms with van der Waals surface area (Å²) in [6, 6.07) is 13.6. The van der Waals surface area contributed by atoms with Gasteiger partial charge in [-0.05, 0) is 42.5 Å². The Kier molecular flexibility index (Phi) is 5.96. The molecule has 1 aromatic carbocycles. The molecule has 1 aliphatic rings. The van der Waals surface area contributed by atoms with Crippen molar-refractivity contribution in [3.63, 3.8) is 0 Å². The van der Waals surface area contributed by atoms with Gasteiger partial charge in [-0.2, -0.15) is 0 Å². The molecule has 2 aromatic rings. The van der Waals surface area contributed by atoms with Crippen molar-refractivity contribution in [3.05, 3.63) is 58.8 Å². The number of benzene rings is 1. The molecule has 0 bridgehead atoms. The number of carbonyl (C=O) groups is 2. The van der Waals surface area contributed by atoms with E-state index >= 15 is 0 Å². The van der Waals surface area contributed by atoms with Crippen molar-refractivity contribution < 1.29 is 9.59 Å². The Morgan fingerprint density at radius 2 is 1.96 bits per heavy atom. The molecule has 1 N–H and O–H groups in total. The van der Waals surface area contributed by atoms with Crippen LogP contribution in [0, 0.1) is 0 Å². The molecule has 1 fully saturated rings. The molecule has 5 nitrogen and oxygen atoms in total. The Bertz CT molecular complexity index is 802. The first-order valence-electron chi connectivity index (χ1n) is 9.06. The fourth-order valence-corrected chi connectivity index (χ4v) is 4.06. The molecule has 2 heterocycles. The van der Waals surface area contributed by atoms with Crippen LogP contribution in [-0.4, -0.2) is 54.3 Å². The van der Waals surface area contributed by atoms with Gasteiger partial charge in [0.05, 0.1) is 6.54 Å². The number of likely N-dealkylation sites (tertiary alicyclic amines) is 1. The molecule has 0 radical (unpaired) electrons. The Labute approximate surface area is 164 Å². The molecular weight excluding hydrogens is 358 g/mol. The summed E-state index contributed by atoms with van der Waals surface area (Å²) in [4.78, 5) is 30.2. The first kappa shape index (κ1) is 19.2. The second kappa shape index (κ2) is 8.39. The molecule has 27 heavy (non-hydrogen) atoms. The lowest BCUT2D eigenvalue weighted by Crippen LogP contribution is -2.62. The molecule has 1 aromatic heterocycles. The van der Waals surface area contributed by atoms with E-state index in [9.17, 15) is 9.59 Å². The number of amides is 2. The largest absolute Gasteiger partial charge is 0.370 e. The molecule has 6 heteroatoms. The molecule has 2 amide bonds. The number of carbonyl (C=O) groups excluding carboxylic acids is 2. The number of hydrogen-bond acceptors (Lipinski definition) is 4. The van der Waals surface area contributed by atoms with Crippen molar-refractivity contribution in [3.8, 4) is 0 Å². The summed E-state index contributed by atoms with van der Waals surface area (Å²) < 4.78 is 0. The van der Waals surface area contributed by atoms with Gasteiger partial charge in [0.15, 0.2) is 0 Å². The van der Waals surface area contributed by atoms with E-state index in [1.807, 2.05) is 53.9 Å². The maximum atomic E-state index is 13.0. The van der Waals surface area contributed by atoms with Crippen LogP contribution < -0.4 is 5.32 Å². The number of piperidine rings is 1. The molecule has 0 saturated carbocycles. The quantitative estimate of drug-likeness (QED) is 0.806. The van der Waals surface area contributed by atoms with E-state index < -0.39 is 5.54 Å². The van der Waals surface area contributed by atoms with Crippen molar-refractivity contribution in [1.29, 1.82) is 0 Å². The summed E-state index contributed by atoms with van der Waals surface area (Å²) >= 11 is 1.59. The van der Waals surface area contributed by atoms with E-state index in [1.54, 1.807) is 41.3 Å². The summed E-state index contributed by atoms with van der Waals surface area (Å²) in [7, 11) is 3.52. The molecule has 1 saturated heterocycles. The van der Waals surface area contributed by atoms with Crippen molar-refractivity contribution in [1.82, 2.24) is 9.80 Å². The minimum Gasteiger partial charge on any atom is -0.370 e. The maximum Gasteiger partial charge on any atom is 0.249 e. The third-order valence-electron chi connectivity index (χ3n) is 4.71. The van der Waals surface area contributed by atoms with Gasteiger partial charge in [-0.1, -0.05) is 24.3 Å². The van der Waals surface area contributed by atoms with E-state index in [4.69, 9.17) is 0 Å². The van der Waals surface area contributed by atoms with Gasteiger partial charge >= 0.3 is 0 Å². The first-order chi connectivity index (χ1) is 13.0. The van der Waals surface area contributed by atoms with E-state index in [1.165, 1.54) is 0 Å². The number of nitrogens with zero attached hydrogens (tertiary/aromatic N) is 2. The van der Waals surface area contributed by atoms with Crippen LogP contribution in [0.4, 0.5) is 5.69 Å². The van der Waals surface area contributed by atoms with Gasteiger partial charge in [-0.3, -0.25) is 9.59 Å². The van der Waals surface area contributed by atoms with Crippen LogP contribution in [-0.2, 0) is 9.59 Å². The summed E-state index contributed by atoms with van der Waals surface area (Å²) in [6.45, 7) is 1.01. The smallest absolute Gasteiger partial charge is 0.249 e. The van der Waals surface area contributed by atoms with Crippen LogP contribution in [0.25, 0.3) is 6.08 Å². The van der Waals surface area contributed by atoms with Crippen LogP contribution in [0.3, 0.4) is 0 Å². The third-order valence-corrected chi connectivity index (χ3v) is 5.55. The second-order valence-corrected chi connectivity index (χ2v) is 7.96. The number of hydrogen-bond donors (Lipinski definition) is 1. The van der Waals surface area contributed by atoms with Gasteiger partial charge in [-0.15, -0.1) is 11.3 Å². The zero-order chi connectivity index (χ0) is 19.3. The van der Waals surface area contributed by atoms with Crippen molar-refractivity contribution in [2.45, 2.75) is 18.4 Å². The van der Waals surface area contributed by atoms with Gasteiger partial charge in [-0.25, -0.2) is 0 Å². The average molecular weight is 384 g/mol. The van der Waals surface area contributed by atoms with E-state index in [-0.39, 0.29) is 11.8 Å². The Morgan fingerprint density at radius 1 is 1.19 bits per heavy atom. The summed E-state index contributed by atoms with van der Waals surface area (Å²) in [5.41, 5.74) is 0.0753. The number of thiophene rings is 1. The van der Waals surface area contributed by atoms with Crippen molar-refractivity contribution in [2.24, 2.45) is 0 Å². The molecule has 1 atom stereocenters. The minimum absolute atomic E-state index is 0.00825.